The highest BCUT2D eigenvalue weighted by atomic mass is 16.5. The van der Waals surface area contributed by atoms with Gasteiger partial charge in [-0.1, -0.05) is 106 Å². The van der Waals surface area contributed by atoms with Gasteiger partial charge in [0.15, 0.2) is 0 Å². The molecule has 1 aliphatic rings. The molecule has 1 aliphatic carbocycles. The predicted octanol–water partition coefficient (Wildman–Crippen LogP) is 9.42. The second-order valence-electron chi connectivity index (χ2n) is 9.51. The van der Waals surface area contributed by atoms with Gasteiger partial charge in [-0.25, -0.2) is 0 Å². The van der Waals surface area contributed by atoms with E-state index in [0.29, 0.717) is 5.92 Å². The van der Waals surface area contributed by atoms with Gasteiger partial charge in [0.05, 0.1) is 20.8 Å². The van der Waals surface area contributed by atoms with Crippen LogP contribution in [-0.2, 0) is 4.74 Å². The lowest BCUT2D eigenvalue weighted by Gasteiger charge is -2.16. The van der Waals surface area contributed by atoms with Gasteiger partial charge in [0, 0.05) is 5.56 Å². The molecule has 0 aliphatic heterocycles. The molecule has 2 aromatic carbocycles. The summed E-state index contributed by atoms with van der Waals surface area (Å²) in [5, 5.41) is 0. The Labute approximate surface area is 229 Å². The molecule has 0 aromatic heterocycles. The van der Waals surface area contributed by atoms with Crippen LogP contribution in [0.3, 0.4) is 0 Å². The van der Waals surface area contributed by atoms with Crippen molar-refractivity contribution in [2.45, 2.75) is 46.5 Å². The van der Waals surface area contributed by atoms with Crippen LogP contribution in [0.15, 0.2) is 103 Å². The van der Waals surface area contributed by atoms with Gasteiger partial charge in [-0.05, 0) is 65.8 Å². The maximum Gasteiger partial charge on any atom is 0.127 e. The van der Waals surface area contributed by atoms with E-state index in [4.69, 9.17) is 14.2 Å². The molecule has 1 atom stereocenters. The van der Waals surface area contributed by atoms with Gasteiger partial charge >= 0.3 is 0 Å². The second kappa shape index (κ2) is 15.5. The minimum absolute atomic E-state index is 0.602. The summed E-state index contributed by atoms with van der Waals surface area (Å²) in [6.07, 6.45) is 25.3. The number of unbranched alkanes of at least 4 members (excludes halogenated alkanes) is 1. The van der Waals surface area contributed by atoms with Crippen LogP contribution in [0, 0.1) is 12.8 Å². The third-order valence-electron chi connectivity index (χ3n) is 6.80. The summed E-state index contributed by atoms with van der Waals surface area (Å²) in [6.45, 7) is 7.29. The average molecular weight is 511 g/mol. The van der Waals surface area contributed by atoms with Crippen molar-refractivity contribution in [3.8, 4) is 22.6 Å². The van der Waals surface area contributed by atoms with Crippen LogP contribution in [0.1, 0.15) is 50.7 Å². The van der Waals surface area contributed by atoms with Gasteiger partial charge < -0.3 is 14.2 Å². The van der Waals surface area contributed by atoms with Gasteiger partial charge in [-0.3, -0.25) is 0 Å². The Morgan fingerprint density at radius 1 is 0.737 bits per heavy atom. The van der Waals surface area contributed by atoms with Crippen LogP contribution in [0.4, 0.5) is 0 Å². The van der Waals surface area contributed by atoms with Crippen molar-refractivity contribution in [1.82, 2.24) is 0 Å². The Balaban J connectivity index is 1.79. The molecule has 0 heterocycles. The molecule has 2 aromatic rings. The van der Waals surface area contributed by atoms with E-state index in [1.54, 1.807) is 14.2 Å². The van der Waals surface area contributed by atoms with Gasteiger partial charge in [0.25, 0.3) is 0 Å². The molecular formula is C35H42O3. The lowest BCUT2D eigenvalue weighted by molar-refractivity contribution is 0.165. The van der Waals surface area contributed by atoms with Crippen molar-refractivity contribution in [3.05, 3.63) is 114 Å². The van der Waals surface area contributed by atoms with E-state index in [-0.39, 0.29) is 0 Å². The minimum atomic E-state index is 0.602. The van der Waals surface area contributed by atoms with Crippen LogP contribution in [-0.4, -0.2) is 20.8 Å². The molecular weight excluding hydrogens is 468 g/mol. The van der Waals surface area contributed by atoms with Crippen molar-refractivity contribution >= 4 is 5.57 Å². The van der Waals surface area contributed by atoms with Crippen LogP contribution in [0.2, 0.25) is 0 Å². The quantitative estimate of drug-likeness (QED) is 0.301. The van der Waals surface area contributed by atoms with E-state index in [2.05, 4.69) is 62.4 Å². The number of allylic oxidation sites excluding steroid dienone is 11. The summed E-state index contributed by atoms with van der Waals surface area (Å²) < 4.78 is 17.5. The van der Waals surface area contributed by atoms with E-state index in [1.165, 1.54) is 19.3 Å². The zero-order chi connectivity index (χ0) is 27.2. The Hall–Kier alpha value is -3.72. The third-order valence-corrected chi connectivity index (χ3v) is 6.80. The van der Waals surface area contributed by atoms with E-state index >= 15 is 0 Å². The van der Waals surface area contributed by atoms with Crippen LogP contribution in [0.5, 0.6) is 11.5 Å². The highest BCUT2D eigenvalue weighted by molar-refractivity contribution is 5.81. The Kier molecular flexibility index (Phi) is 11.8. The fraction of sp³-hybridized carbons (Fsp3) is 0.314. The molecule has 0 amide bonds. The van der Waals surface area contributed by atoms with Crippen molar-refractivity contribution in [1.29, 1.82) is 0 Å². The van der Waals surface area contributed by atoms with Gasteiger partial charge in [0.2, 0.25) is 0 Å². The summed E-state index contributed by atoms with van der Waals surface area (Å²) in [5.41, 5.74) is 5.38. The van der Waals surface area contributed by atoms with Crippen molar-refractivity contribution in [2.24, 2.45) is 5.92 Å². The fourth-order valence-corrected chi connectivity index (χ4v) is 4.36. The zero-order valence-corrected chi connectivity index (χ0v) is 23.6. The highest BCUT2D eigenvalue weighted by Gasteiger charge is 2.10. The van der Waals surface area contributed by atoms with E-state index < -0.39 is 0 Å². The number of hydrogen-bond donors (Lipinski definition) is 0. The standard InChI is InChI=1S/C35H42O3/c1-6-8-15-28(7-2)26-38-32-18-13-9-11-16-29(17-12-10-14-19-32)33-23-22-31(25-35(33)37-5)30-21-20-27(3)34(24-30)36-4/h9-14,16-25,28H,6-8,15,26H2,1-5H3/b11-9+,12-10?,13-9?,14-10+,16-11?,17-12-,18-13-,19-14?,29-16+,29-17?,32-18?,32-19+. The van der Waals surface area contributed by atoms with Crippen LogP contribution < -0.4 is 9.47 Å². The van der Waals surface area contributed by atoms with Crippen LogP contribution in [0.25, 0.3) is 16.7 Å². The molecule has 200 valence electrons. The van der Waals surface area contributed by atoms with Gasteiger partial charge in [-0.2, -0.15) is 0 Å². The molecule has 0 N–H and O–H groups in total. The Morgan fingerprint density at radius 2 is 1.42 bits per heavy atom. The molecule has 0 radical (unpaired) electrons. The third kappa shape index (κ3) is 8.41. The summed E-state index contributed by atoms with van der Waals surface area (Å²) >= 11 is 0. The fourth-order valence-electron chi connectivity index (χ4n) is 4.36. The Morgan fingerprint density at radius 3 is 2.13 bits per heavy atom. The maximum atomic E-state index is 6.15. The van der Waals surface area contributed by atoms with Gasteiger partial charge in [-0.15, -0.1) is 0 Å². The molecule has 0 saturated carbocycles. The average Bonchev–Trinajstić information content (AvgIpc) is 2.94. The van der Waals surface area contributed by atoms with Crippen molar-refractivity contribution in [2.75, 3.05) is 20.8 Å². The molecule has 1 unspecified atom stereocenters. The first-order valence-electron chi connectivity index (χ1n) is 13.7. The maximum absolute atomic E-state index is 6.15. The lowest BCUT2D eigenvalue weighted by Crippen LogP contribution is -2.08. The molecule has 3 heteroatoms. The van der Waals surface area contributed by atoms with Crippen molar-refractivity contribution in [3.63, 3.8) is 0 Å². The minimum Gasteiger partial charge on any atom is -0.496 e. The second-order valence-corrected chi connectivity index (χ2v) is 9.51. The molecule has 38 heavy (non-hydrogen) atoms. The summed E-state index contributed by atoms with van der Waals surface area (Å²) in [7, 11) is 3.42. The number of rotatable bonds is 11. The number of hydrogen-bond acceptors (Lipinski definition) is 3. The number of methoxy groups -OCH3 is 2. The monoisotopic (exact) mass is 510 g/mol. The van der Waals surface area contributed by atoms with E-state index in [0.717, 1.165) is 58.1 Å². The van der Waals surface area contributed by atoms with E-state index in [9.17, 15) is 0 Å². The highest BCUT2D eigenvalue weighted by Crippen LogP contribution is 2.34. The van der Waals surface area contributed by atoms with Gasteiger partial charge in [0.1, 0.15) is 17.3 Å². The topological polar surface area (TPSA) is 27.7 Å². The molecule has 0 spiro atoms. The SMILES string of the molecule is CCCCC(CC)COC1=C/C=C/C=C\C(c2ccc(-c3ccc(C)c(OC)c3)cc2OC)=C/C=C/C=C\1. The molecule has 0 saturated heterocycles. The lowest BCUT2D eigenvalue weighted by atomic mass is 9.97. The molecule has 0 bridgehead atoms. The first-order valence-corrected chi connectivity index (χ1v) is 13.7. The Bertz CT molecular complexity index is 1220. The molecule has 3 rings (SSSR count). The first-order chi connectivity index (χ1) is 18.6. The first kappa shape index (κ1) is 28.8. The predicted molar refractivity (Wildman–Crippen MR) is 162 cm³/mol. The van der Waals surface area contributed by atoms with Crippen LogP contribution >= 0.6 is 0 Å². The number of benzene rings is 2. The zero-order valence-electron chi connectivity index (χ0n) is 23.6. The number of ether oxygens (including phenoxy) is 3. The molecule has 3 nitrogen and oxygen atoms in total. The normalized spacial score (nSPS) is 20.3. The number of aryl methyl sites for hydroxylation is 1. The summed E-state index contributed by atoms with van der Waals surface area (Å²) in [5.74, 6) is 3.18. The summed E-state index contributed by atoms with van der Waals surface area (Å²) in [4.78, 5) is 0. The smallest absolute Gasteiger partial charge is 0.127 e. The largest absolute Gasteiger partial charge is 0.496 e. The molecule has 0 fully saturated rings. The summed E-state index contributed by atoms with van der Waals surface area (Å²) in [6, 6.07) is 12.6. The van der Waals surface area contributed by atoms with Crippen molar-refractivity contribution < 1.29 is 14.2 Å². The van der Waals surface area contributed by atoms with E-state index in [1.807, 2.05) is 55.5 Å².